The fourth-order valence-electron chi connectivity index (χ4n) is 3.72. The van der Waals surface area contributed by atoms with Gasteiger partial charge < -0.3 is 10.1 Å². The number of methoxy groups -OCH3 is 1. The average molecular weight is 443 g/mol. The van der Waals surface area contributed by atoms with Crippen molar-refractivity contribution in [1.82, 2.24) is 15.5 Å². The second-order valence-corrected chi connectivity index (χ2v) is 7.96. The second kappa shape index (κ2) is 11.5. The highest BCUT2D eigenvalue weighted by Gasteiger charge is 2.32. The molecular formula is C28H34N4O. The van der Waals surface area contributed by atoms with Crippen LogP contribution in [0.2, 0.25) is 0 Å². The Bertz CT molecular complexity index is 1090. The molecule has 1 fully saturated rings. The standard InChI is InChI=1S/C26H28N4O.C2H6/c1-5-23(29-26(31-4)20-13-14-20)21-12-11-17(2)24(15-21)28-18(3)22-16-27-30-25(22)19-9-7-6-8-10-19;1-2/h1,6-12,15-16,20,23,26,28-29H,3,13-14H2,2,4H3,(H,27,30);1-2H3. The summed E-state index contributed by atoms with van der Waals surface area (Å²) in [7, 11) is 1.73. The topological polar surface area (TPSA) is 62.0 Å². The van der Waals surface area contributed by atoms with Gasteiger partial charge in [-0.1, -0.05) is 68.8 Å². The zero-order valence-corrected chi connectivity index (χ0v) is 20.0. The quantitative estimate of drug-likeness (QED) is 0.275. The third kappa shape index (κ3) is 5.92. The lowest BCUT2D eigenvalue weighted by atomic mass is 10.0. The molecule has 172 valence electrons. The second-order valence-electron chi connectivity index (χ2n) is 7.96. The third-order valence-electron chi connectivity index (χ3n) is 5.71. The summed E-state index contributed by atoms with van der Waals surface area (Å²) in [6.07, 6.45) is 9.99. The lowest BCUT2D eigenvalue weighted by Crippen LogP contribution is -2.35. The highest BCUT2D eigenvalue weighted by atomic mass is 16.5. The maximum Gasteiger partial charge on any atom is 0.111 e. The van der Waals surface area contributed by atoms with Gasteiger partial charge >= 0.3 is 0 Å². The van der Waals surface area contributed by atoms with Crippen molar-refractivity contribution < 1.29 is 4.74 Å². The first-order valence-electron chi connectivity index (χ1n) is 11.5. The van der Waals surface area contributed by atoms with E-state index in [4.69, 9.17) is 11.2 Å². The van der Waals surface area contributed by atoms with Gasteiger partial charge in [-0.15, -0.1) is 6.42 Å². The number of aromatic amines is 1. The summed E-state index contributed by atoms with van der Waals surface area (Å²) in [6, 6.07) is 16.1. The summed E-state index contributed by atoms with van der Waals surface area (Å²) < 4.78 is 5.60. The van der Waals surface area contributed by atoms with Gasteiger partial charge in [0, 0.05) is 29.6 Å². The van der Waals surface area contributed by atoms with Crippen LogP contribution in [0.1, 0.15) is 49.4 Å². The minimum atomic E-state index is -0.228. The Labute approximate surface area is 197 Å². The maximum atomic E-state index is 5.86. The molecule has 0 bridgehead atoms. The summed E-state index contributed by atoms with van der Waals surface area (Å²) in [4.78, 5) is 0. The van der Waals surface area contributed by atoms with E-state index in [1.165, 1.54) is 12.8 Å². The molecule has 0 amide bonds. The predicted molar refractivity (Wildman–Crippen MR) is 137 cm³/mol. The van der Waals surface area contributed by atoms with Gasteiger partial charge in [0.25, 0.3) is 0 Å². The van der Waals surface area contributed by atoms with Crippen molar-refractivity contribution in [2.45, 2.75) is 45.9 Å². The number of rotatable bonds is 9. The van der Waals surface area contributed by atoms with Gasteiger partial charge in [-0.2, -0.15) is 5.10 Å². The van der Waals surface area contributed by atoms with Crippen molar-refractivity contribution >= 4 is 11.4 Å². The number of aromatic nitrogens is 2. The largest absolute Gasteiger partial charge is 0.366 e. The molecule has 1 saturated carbocycles. The number of anilines is 1. The van der Waals surface area contributed by atoms with Crippen LogP contribution in [0.4, 0.5) is 5.69 Å². The van der Waals surface area contributed by atoms with Crippen LogP contribution in [0.25, 0.3) is 17.0 Å². The Hall–Kier alpha value is -3.33. The lowest BCUT2D eigenvalue weighted by Gasteiger charge is -2.23. The van der Waals surface area contributed by atoms with Crippen LogP contribution in [0.3, 0.4) is 0 Å². The van der Waals surface area contributed by atoms with Crippen molar-refractivity contribution in [3.05, 3.63) is 78.0 Å². The molecule has 2 aromatic carbocycles. The van der Waals surface area contributed by atoms with E-state index in [-0.39, 0.29) is 12.3 Å². The van der Waals surface area contributed by atoms with E-state index in [1.54, 1.807) is 13.3 Å². The molecule has 1 aromatic heterocycles. The molecule has 1 aliphatic rings. The first kappa shape index (κ1) is 24.3. The first-order valence-corrected chi connectivity index (χ1v) is 11.5. The summed E-state index contributed by atoms with van der Waals surface area (Å²) in [5.41, 5.74) is 6.78. The van der Waals surface area contributed by atoms with E-state index in [1.807, 2.05) is 44.2 Å². The molecule has 0 radical (unpaired) electrons. The van der Waals surface area contributed by atoms with Gasteiger partial charge in [-0.3, -0.25) is 10.4 Å². The molecule has 2 unspecified atom stereocenters. The van der Waals surface area contributed by atoms with Crippen molar-refractivity contribution in [2.75, 3.05) is 12.4 Å². The zero-order valence-electron chi connectivity index (χ0n) is 20.0. The zero-order chi connectivity index (χ0) is 23.8. The number of benzene rings is 2. The Morgan fingerprint density at radius 2 is 1.94 bits per heavy atom. The smallest absolute Gasteiger partial charge is 0.111 e. The number of hydrogen-bond donors (Lipinski definition) is 3. The molecule has 33 heavy (non-hydrogen) atoms. The SMILES string of the molecule is C#CC(NC(OC)C1CC1)c1ccc(C)c(NC(=C)c2cn[nH]c2-c2ccccc2)c1.CC. The van der Waals surface area contributed by atoms with Crippen LogP contribution in [0, 0.1) is 25.2 Å². The third-order valence-corrected chi connectivity index (χ3v) is 5.71. The van der Waals surface area contributed by atoms with Crippen molar-refractivity contribution in [2.24, 2.45) is 5.92 Å². The van der Waals surface area contributed by atoms with Crippen molar-refractivity contribution in [1.29, 1.82) is 0 Å². The van der Waals surface area contributed by atoms with Crippen molar-refractivity contribution in [3.8, 4) is 23.6 Å². The Morgan fingerprint density at radius 3 is 2.58 bits per heavy atom. The molecule has 3 aromatic rings. The monoisotopic (exact) mass is 442 g/mol. The summed E-state index contributed by atoms with van der Waals surface area (Å²) in [5.74, 6) is 3.41. The summed E-state index contributed by atoms with van der Waals surface area (Å²) >= 11 is 0. The van der Waals surface area contributed by atoms with Crippen LogP contribution in [0.15, 0.2) is 61.3 Å². The molecule has 1 heterocycles. The van der Waals surface area contributed by atoms with Crippen LogP contribution < -0.4 is 10.6 Å². The normalized spacial score (nSPS) is 14.4. The van der Waals surface area contributed by atoms with Gasteiger partial charge in [-0.25, -0.2) is 0 Å². The summed E-state index contributed by atoms with van der Waals surface area (Å²) in [5, 5.41) is 14.2. The Balaban J connectivity index is 0.00000149. The molecule has 0 spiro atoms. The van der Waals surface area contributed by atoms with Gasteiger partial charge in [0.05, 0.1) is 17.9 Å². The van der Waals surface area contributed by atoms with E-state index in [2.05, 4.69) is 58.5 Å². The van der Waals surface area contributed by atoms with E-state index in [9.17, 15) is 0 Å². The molecule has 0 saturated heterocycles. The highest BCUT2D eigenvalue weighted by Crippen LogP contribution is 2.34. The minimum absolute atomic E-state index is 0.0203. The molecule has 5 heteroatoms. The number of ether oxygens (including phenoxy) is 1. The first-order chi connectivity index (χ1) is 16.1. The number of aryl methyl sites for hydroxylation is 1. The molecule has 4 rings (SSSR count). The van der Waals surface area contributed by atoms with Crippen LogP contribution in [0.5, 0.6) is 0 Å². The van der Waals surface area contributed by atoms with Gasteiger partial charge in [-0.05, 0) is 42.9 Å². The fourth-order valence-corrected chi connectivity index (χ4v) is 3.72. The molecule has 5 nitrogen and oxygen atoms in total. The highest BCUT2D eigenvalue weighted by molar-refractivity contribution is 5.84. The predicted octanol–water partition coefficient (Wildman–Crippen LogP) is 6.14. The number of nitrogens with zero attached hydrogens (tertiary/aromatic N) is 1. The number of hydrogen-bond acceptors (Lipinski definition) is 4. The molecular weight excluding hydrogens is 408 g/mol. The summed E-state index contributed by atoms with van der Waals surface area (Å²) in [6.45, 7) is 10.3. The van der Waals surface area contributed by atoms with Crippen LogP contribution in [-0.4, -0.2) is 23.5 Å². The Kier molecular flexibility index (Phi) is 8.48. The van der Waals surface area contributed by atoms with Crippen LogP contribution in [-0.2, 0) is 4.74 Å². The number of H-pyrrole nitrogens is 1. The molecule has 0 aliphatic heterocycles. The fraction of sp³-hybridized carbons (Fsp3) is 0.321. The van der Waals surface area contributed by atoms with Gasteiger partial charge in [0.15, 0.2) is 0 Å². The van der Waals surface area contributed by atoms with Crippen molar-refractivity contribution in [3.63, 3.8) is 0 Å². The average Bonchev–Trinajstić information content (AvgIpc) is 3.58. The molecule has 3 N–H and O–H groups in total. The van der Waals surface area contributed by atoms with Gasteiger partial charge in [0.1, 0.15) is 6.23 Å². The lowest BCUT2D eigenvalue weighted by molar-refractivity contribution is 0.0509. The van der Waals surface area contributed by atoms with E-state index in [0.717, 1.165) is 39.3 Å². The minimum Gasteiger partial charge on any atom is -0.366 e. The maximum absolute atomic E-state index is 5.86. The van der Waals surface area contributed by atoms with E-state index >= 15 is 0 Å². The Morgan fingerprint density at radius 1 is 1.21 bits per heavy atom. The molecule has 2 atom stereocenters. The molecule has 1 aliphatic carbocycles. The van der Waals surface area contributed by atoms with E-state index in [0.29, 0.717) is 5.92 Å². The van der Waals surface area contributed by atoms with Gasteiger partial charge in [0.2, 0.25) is 0 Å². The number of terminal acetylenes is 1. The van der Waals surface area contributed by atoms with Crippen LogP contribution >= 0.6 is 0 Å². The van der Waals surface area contributed by atoms with E-state index < -0.39 is 0 Å². The number of nitrogens with one attached hydrogen (secondary N) is 3.